The summed E-state index contributed by atoms with van der Waals surface area (Å²) in [6.07, 6.45) is 10.2. The molecule has 14 aromatic rings. The van der Waals surface area contributed by atoms with Crippen LogP contribution in [0.25, 0.3) is 65.3 Å². The van der Waals surface area contributed by atoms with E-state index in [9.17, 15) is 52.8 Å². The summed E-state index contributed by atoms with van der Waals surface area (Å²) >= 11 is 31.0. The number of ether oxygens (including phenoxy) is 4. The van der Waals surface area contributed by atoms with E-state index < -0.39 is 63.7 Å². The summed E-state index contributed by atoms with van der Waals surface area (Å²) in [5, 5.41) is 9.20. The second-order valence-electron chi connectivity index (χ2n) is 28.1. The molecule has 624 valence electrons. The number of halogens is 5. The lowest BCUT2D eigenvalue weighted by Gasteiger charge is -2.10. The molecule has 9 N–H and O–H groups in total. The van der Waals surface area contributed by atoms with E-state index in [0.717, 1.165) is 113 Å². The number of nitrogens with one attached hydrogen (secondary N) is 9. The number of fused-ring (bicyclic) bond motifs is 6. The van der Waals surface area contributed by atoms with Gasteiger partial charge in [-0.2, -0.15) is 0 Å². The van der Waals surface area contributed by atoms with Crippen LogP contribution in [-0.4, -0.2) is 134 Å². The van der Waals surface area contributed by atoms with Crippen molar-refractivity contribution in [1.29, 1.82) is 0 Å². The second-order valence-corrected chi connectivity index (χ2v) is 37.1. The second kappa shape index (κ2) is 39.0. The van der Waals surface area contributed by atoms with Crippen molar-refractivity contribution in [1.82, 2.24) is 43.8 Å². The highest BCUT2D eigenvalue weighted by Crippen LogP contribution is 2.36. The summed E-state index contributed by atoms with van der Waals surface area (Å²) in [5.41, 5.74) is 10.3. The Labute approximate surface area is 712 Å². The van der Waals surface area contributed by atoms with Crippen LogP contribution >= 0.6 is 58.0 Å². The SMILES string of the molecule is CS(=O)(=O)NC(=O)c1[nH]c2cc(Cl)ccc2c1CCCOc1cccc2ccccc12.CS(=O)(=O)NC(=O)c1[nH]c2ccccc2c1CCCOc1cccc2[nH]ccc12.Cc1cc(OCCCc2c(C(=O)NS(C)(=O)=O)[nH]c3cccc(Cl)c23)cc(C)c1Cl.Cc1cc(OCCCc2c(C(=O)NS(C)(=O)=O)[nH]c3cccc(Cl)c23)ccc1Cl. The molecular weight excluding hydrogens is 1710 g/mol. The minimum Gasteiger partial charge on any atom is -0.494 e. The van der Waals surface area contributed by atoms with Gasteiger partial charge in [0.25, 0.3) is 23.6 Å². The van der Waals surface area contributed by atoms with Crippen LogP contribution < -0.4 is 37.8 Å². The average Bonchev–Trinajstić information content (AvgIpc) is 1.63. The summed E-state index contributed by atoms with van der Waals surface area (Å²) in [4.78, 5) is 65.2. The van der Waals surface area contributed by atoms with E-state index in [-0.39, 0.29) is 22.8 Å². The molecule has 4 amide bonds. The summed E-state index contributed by atoms with van der Waals surface area (Å²) in [6, 6.07) is 54.3. The number of carbonyl (C=O) groups is 4. The van der Waals surface area contributed by atoms with Crippen LogP contribution in [-0.2, 0) is 65.8 Å². The van der Waals surface area contributed by atoms with E-state index in [0.29, 0.717) is 142 Å². The Balaban J connectivity index is 0.000000155. The van der Waals surface area contributed by atoms with Crippen LogP contribution in [0.1, 0.15) is 107 Å². The fourth-order valence-corrected chi connectivity index (χ4v) is 16.3. The molecule has 5 heterocycles. The highest BCUT2D eigenvalue weighted by atomic mass is 35.5. The average molecular weight is 1790 g/mol. The van der Waals surface area contributed by atoms with Crippen molar-refractivity contribution < 1.29 is 71.8 Å². The first kappa shape index (κ1) is 89.1. The zero-order valence-corrected chi connectivity index (χ0v) is 72.4. The third kappa shape index (κ3) is 23.8. The number of para-hydroxylation sites is 1. The number of hydrogen-bond donors (Lipinski definition) is 9. The Hall–Kier alpha value is -10.7. The molecule has 0 aliphatic heterocycles. The lowest BCUT2D eigenvalue weighted by atomic mass is 10.1. The van der Waals surface area contributed by atoms with E-state index >= 15 is 0 Å². The van der Waals surface area contributed by atoms with Gasteiger partial charge in [0.1, 0.15) is 45.8 Å². The van der Waals surface area contributed by atoms with E-state index in [2.05, 4.69) is 24.9 Å². The van der Waals surface area contributed by atoms with Crippen molar-refractivity contribution in [2.75, 3.05) is 51.5 Å². The molecule has 34 heteroatoms. The zero-order valence-electron chi connectivity index (χ0n) is 65.4. The fourth-order valence-electron chi connectivity index (χ4n) is 13.6. The molecule has 0 saturated heterocycles. The number of aromatic amines is 5. The lowest BCUT2D eigenvalue weighted by Crippen LogP contribution is -2.30. The number of rotatable bonds is 28. The monoisotopic (exact) mass is 1790 g/mol. The first-order valence-electron chi connectivity index (χ1n) is 37.1. The number of hydrogen-bond acceptors (Lipinski definition) is 16. The van der Waals surface area contributed by atoms with Crippen molar-refractivity contribution >= 4 is 187 Å². The van der Waals surface area contributed by atoms with Crippen LogP contribution in [0.3, 0.4) is 0 Å². The van der Waals surface area contributed by atoms with Gasteiger partial charge in [-0.15, -0.1) is 0 Å². The topological polar surface area (TPSA) is 369 Å². The molecule has 119 heavy (non-hydrogen) atoms. The molecule has 9 aromatic carbocycles. The smallest absolute Gasteiger partial charge is 0.281 e. The molecule has 0 unspecified atom stereocenters. The molecular formula is C85H84Cl5N9O16S4. The van der Waals surface area contributed by atoms with Gasteiger partial charge in [0.15, 0.2) is 0 Å². The Morgan fingerprint density at radius 2 is 0.731 bits per heavy atom. The minimum atomic E-state index is -3.70. The van der Waals surface area contributed by atoms with Gasteiger partial charge in [-0.05, 0) is 214 Å². The molecule has 0 spiro atoms. The number of aromatic nitrogens is 5. The number of aryl methyl sites for hydroxylation is 7. The highest BCUT2D eigenvalue weighted by Gasteiger charge is 2.26. The Kier molecular flexibility index (Phi) is 29.2. The standard InChI is InChI=1S/C23H21ClN2O4S.C21H22Cl2N2O4S.C21H21N3O4S.C20H20Cl2N2O4S/c1-31(28,29)26-23(27)22-19(18-12-11-16(24)14-20(18)25-22)9-5-13-30-21-10-4-7-15-6-2-3-8-17(15)21;1-12-10-14(11-13(2)19(12)23)29-9-5-6-15-18-16(22)7-4-8-17(18)24-20(15)21(26)25-30(3,27)28;1-29(26,27)24-21(25)20-15(14-6-2-3-8-18(14)23-20)7-5-13-28-19-10-4-9-17-16(19)11-12-22-17;1-12-11-13(8-9-15(12)21)28-10-4-5-14-18-16(22)6-3-7-17(18)23-19(14)20(25)24-29(2,26)27/h2-4,6-8,10-12,14,25H,5,9,13H2,1H3,(H,26,27);4,7-8,10-11,24H,5-6,9H2,1-3H3,(H,25,26);2-4,6,8-12,22-23H,5,7,13H2,1H3,(H,24,25);3,6-9,11,23H,4-5,10H2,1-2H3,(H,24,25). The minimum absolute atomic E-state index is 0.181. The van der Waals surface area contributed by atoms with Gasteiger partial charge in [0.05, 0.1) is 61.5 Å². The van der Waals surface area contributed by atoms with Gasteiger partial charge >= 0.3 is 0 Å². The first-order valence-corrected chi connectivity index (χ1v) is 46.6. The van der Waals surface area contributed by atoms with Crippen molar-refractivity contribution in [2.45, 2.75) is 72.1 Å². The molecule has 5 aromatic heterocycles. The molecule has 0 aliphatic carbocycles. The summed E-state index contributed by atoms with van der Waals surface area (Å²) in [7, 11) is -14.7. The maximum atomic E-state index is 12.6. The van der Waals surface area contributed by atoms with Crippen LogP contribution in [0.4, 0.5) is 0 Å². The van der Waals surface area contributed by atoms with Crippen molar-refractivity contribution in [2.24, 2.45) is 0 Å². The van der Waals surface area contributed by atoms with E-state index in [1.807, 2.05) is 161 Å². The maximum absolute atomic E-state index is 12.6. The molecule has 0 saturated carbocycles. The largest absolute Gasteiger partial charge is 0.494 e. The summed E-state index contributed by atoms with van der Waals surface area (Å²) in [6.45, 7) is 7.47. The van der Waals surface area contributed by atoms with Crippen LogP contribution in [0.2, 0.25) is 25.1 Å². The van der Waals surface area contributed by atoms with Crippen molar-refractivity contribution in [3.8, 4) is 23.0 Å². The third-order valence-electron chi connectivity index (χ3n) is 18.6. The van der Waals surface area contributed by atoms with Gasteiger partial charge in [0.2, 0.25) is 40.1 Å². The van der Waals surface area contributed by atoms with E-state index in [1.165, 1.54) is 0 Å². The third-order valence-corrected chi connectivity index (χ3v) is 22.7. The predicted molar refractivity (Wildman–Crippen MR) is 472 cm³/mol. The number of sulfonamides is 4. The molecule has 25 nitrogen and oxygen atoms in total. The Morgan fingerprint density at radius 1 is 0.345 bits per heavy atom. The molecule has 0 atom stereocenters. The van der Waals surface area contributed by atoms with Crippen molar-refractivity contribution in [3.05, 3.63) is 269 Å². The molecule has 0 bridgehead atoms. The van der Waals surface area contributed by atoms with Gasteiger partial charge in [-0.3, -0.25) is 19.2 Å². The maximum Gasteiger partial charge on any atom is 0.281 e. The van der Waals surface area contributed by atoms with Crippen LogP contribution in [0.15, 0.2) is 182 Å². The zero-order chi connectivity index (χ0) is 85.7. The highest BCUT2D eigenvalue weighted by molar-refractivity contribution is 7.90. The number of carbonyl (C=O) groups excluding carboxylic acids is 4. The van der Waals surface area contributed by atoms with Gasteiger partial charge in [-0.25, -0.2) is 52.6 Å². The quantitative estimate of drug-likeness (QED) is 0.0206. The number of amides is 4. The normalized spacial score (nSPS) is 11.7. The molecule has 0 fully saturated rings. The van der Waals surface area contributed by atoms with Gasteiger partial charge in [0, 0.05) is 81.2 Å². The fraction of sp³-hybridized carbons (Fsp3) is 0.224. The van der Waals surface area contributed by atoms with Crippen molar-refractivity contribution in [3.63, 3.8) is 0 Å². The summed E-state index contributed by atoms with van der Waals surface area (Å²) in [5.74, 6) is 0.252. The van der Waals surface area contributed by atoms with Crippen LogP contribution in [0.5, 0.6) is 23.0 Å². The van der Waals surface area contributed by atoms with Crippen LogP contribution in [0, 0.1) is 20.8 Å². The Bertz CT molecular complexity index is 6620. The van der Waals surface area contributed by atoms with E-state index in [1.54, 1.807) is 60.7 Å². The van der Waals surface area contributed by atoms with Gasteiger partial charge < -0.3 is 43.9 Å². The predicted octanol–water partition coefficient (Wildman–Crippen LogP) is 17.3. The molecule has 0 aliphatic rings. The number of benzene rings is 9. The molecule has 0 radical (unpaired) electrons. The van der Waals surface area contributed by atoms with E-state index in [4.69, 9.17) is 77.0 Å². The first-order chi connectivity index (χ1) is 56.5. The summed E-state index contributed by atoms with van der Waals surface area (Å²) < 4.78 is 124. The number of H-pyrrole nitrogens is 5. The Morgan fingerprint density at radius 3 is 1.24 bits per heavy atom. The lowest BCUT2D eigenvalue weighted by molar-refractivity contribution is 0.0967. The van der Waals surface area contributed by atoms with Gasteiger partial charge in [-0.1, -0.05) is 137 Å². The molecule has 14 rings (SSSR count).